The summed E-state index contributed by atoms with van der Waals surface area (Å²) in [4.78, 5) is 13.4. The number of hydrogen-bond acceptors (Lipinski definition) is 8. The molecule has 2 fully saturated rings. The van der Waals surface area contributed by atoms with Gasteiger partial charge in [0.05, 0.1) is 13.2 Å². The SMILES string of the molecule is COCOc1cc(OC)cc2c1C(=O)O[C@H]1CCC[C@H]1C=CC(O)[C@H]1OC(C)(C)O[C@H]1CC=C2. The fourth-order valence-electron chi connectivity index (χ4n) is 4.86. The lowest BCUT2D eigenvalue weighted by atomic mass is 9.98. The molecule has 3 aliphatic rings. The molecule has 0 aromatic heterocycles. The van der Waals surface area contributed by atoms with E-state index in [2.05, 4.69) is 0 Å². The van der Waals surface area contributed by atoms with Crippen molar-refractivity contribution in [1.82, 2.24) is 0 Å². The highest BCUT2D eigenvalue weighted by molar-refractivity contribution is 5.97. The zero-order chi connectivity index (χ0) is 24.3. The van der Waals surface area contributed by atoms with E-state index in [4.69, 9.17) is 28.4 Å². The fraction of sp³-hybridized carbons (Fsp3) is 0.577. The first-order valence-electron chi connectivity index (χ1n) is 11.7. The standard InChI is InChI=1S/C26H34O8/c1-26(2)33-21-10-6-8-17-13-18(30-4)14-22(31-15-29-3)23(17)25(28)32-20-9-5-7-16(20)11-12-19(27)24(21)34-26/h6,8,11-14,16,19-21,24,27H,5,7,9-10,15H2,1-4H3/t16-,19?,20-,21-,24+/m0/s1. The van der Waals surface area contributed by atoms with Crippen LogP contribution in [0.25, 0.3) is 6.08 Å². The average molecular weight is 475 g/mol. The number of aliphatic hydroxyl groups excluding tert-OH is 1. The van der Waals surface area contributed by atoms with Gasteiger partial charge >= 0.3 is 5.97 Å². The van der Waals surface area contributed by atoms with E-state index in [1.807, 2.05) is 32.1 Å². The van der Waals surface area contributed by atoms with Crippen molar-refractivity contribution in [3.63, 3.8) is 0 Å². The number of carbonyl (C=O) groups excluding carboxylic acids is 1. The average Bonchev–Trinajstić information content (AvgIpc) is 3.37. The van der Waals surface area contributed by atoms with Gasteiger partial charge in [-0.2, -0.15) is 0 Å². The molecule has 4 rings (SSSR count). The Hall–Kier alpha value is -2.39. The summed E-state index contributed by atoms with van der Waals surface area (Å²) in [6.07, 6.45) is 8.48. The Kier molecular flexibility index (Phi) is 7.62. The molecule has 5 atom stereocenters. The van der Waals surface area contributed by atoms with Gasteiger partial charge in [0.1, 0.15) is 35.4 Å². The summed E-state index contributed by atoms with van der Waals surface area (Å²) >= 11 is 0. The zero-order valence-electron chi connectivity index (χ0n) is 20.2. The summed E-state index contributed by atoms with van der Waals surface area (Å²) in [5.41, 5.74) is 0.925. The molecule has 8 heteroatoms. The van der Waals surface area contributed by atoms with Crippen LogP contribution in [-0.2, 0) is 18.9 Å². The van der Waals surface area contributed by atoms with E-state index in [9.17, 15) is 9.90 Å². The third kappa shape index (κ3) is 5.46. The van der Waals surface area contributed by atoms with Crippen molar-refractivity contribution in [3.05, 3.63) is 41.5 Å². The molecule has 1 saturated carbocycles. The van der Waals surface area contributed by atoms with E-state index in [1.54, 1.807) is 25.3 Å². The van der Waals surface area contributed by atoms with Gasteiger partial charge in [0.25, 0.3) is 0 Å². The molecule has 1 aliphatic carbocycles. The van der Waals surface area contributed by atoms with Crippen LogP contribution in [0.3, 0.4) is 0 Å². The van der Waals surface area contributed by atoms with Gasteiger partial charge in [-0.05, 0) is 51.2 Å². The maximum atomic E-state index is 13.4. The first-order valence-corrected chi connectivity index (χ1v) is 11.7. The molecule has 1 aromatic carbocycles. The summed E-state index contributed by atoms with van der Waals surface area (Å²) in [7, 11) is 3.07. The summed E-state index contributed by atoms with van der Waals surface area (Å²) in [6.45, 7) is 3.66. The van der Waals surface area contributed by atoms with Crippen LogP contribution >= 0.6 is 0 Å². The minimum absolute atomic E-state index is 0.0101. The molecule has 34 heavy (non-hydrogen) atoms. The number of methoxy groups -OCH3 is 2. The zero-order valence-corrected chi connectivity index (χ0v) is 20.2. The lowest BCUT2D eigenvalue weighted by Gasteiger charge is -2.22. The van der Waals surface area contributed by atoms with E-state index < -0.39 is 24.0 Å². The van der Waals surface area contributed by atoms with Gasteiger partial charge < -0.3 is 33.5 Å². The summed E-state index contributed by atoms with van der Waals surface area (Å²) in [5.74, 6) is -0.381. The Bertz CT molecular complexity index is 937. The van der Waals surface area contributed by atoms with Gasteiger partial charge in [0.15, 0.2) is 12.6 Å². The largest absolute Gasteiger partial charge is 0.497 e. The first kappa shape index (κ1) is 24.7. The van der Waals surface area contributed by atoms with Crippen LogP contribution < -0.4 is 9.47 Å². The molecule has 1 N–H and O–H groups in total. The van der Waals surface area contributed by atoms with Crippen molar-refractivity contribution in [1.29, 1.82) is 0 Å². The second-order valence-corrected chi connectivity index (χ2v) is 9.33. The molecule has 1 aromatic rings. The second-order valence-electron chi connectivity index (χ2n) is 9.33. The van der Waals surface area contributed by atoms with Crippen LogP contribution in [0.5, 0.6) is 11.5 Å². The van der Waals surface area contributed by atoms with Gasteiger partial charge in [0, 0.05) is 19.1 Å². The number of rotatable bonds is 4. The van der Waals surface area contributed by atoms with Gasteiger partial charge in [-0.1, -0.05) is 24.3 Å². The van der Waals surface area contributed by atoms with Crippen molar-refractivity contribution >= 4 is 12.0 Å². The molecule has 1 unspecified atom stereocenters. The number of carbonyl (C=O) groups is 1. The quantitative estimate of drug-likeness (QED) is 0.400. The topological polar surface area (TPSA) is 92.7 Å². The van der Waals surface area contributed by atoms with Crippen LogP contribution in [0.4, 0.5) is 0 Å². The van der Waals surface area contributed by atoms with Gasteiger partial charge in [-0.15, -0.1) is 0 Å². The number of aliphatic hydroxyl groups is 1. The predicted molar refractivity (Wildman–Crippen MR) is 125 cm³/mol. The molecule has 8 nitrogen and oxygen atoms in total. The minimum atomic E-state index is -0.832. The van der Waals surface area contributed by atoms with Crippen LogP contribution in [0.1, 0.15) is 55.5 Å². The molecular weight excluding hydrogens is 440 g/mol. The maximum absolute atomic E-state index is 13.4. The Morgan fingerprint density at radius 2 is 1.94 bits per heavy atom. The van der Waals surface area contributed by atoms with Crippen molar-refractivity contribution in [2.24, 2.45) is 5.92 Å². The molecule has 0 radical (unpaired) electrons. The van der Waals surface area contributed by atoms with Gasteiger partial charge in [-0.25, -0.2) is 4.79 Å². The van der Waals surface area contributed by atoms with Crippen LogP contribution in [0.2, 0.25) is 0 Å². The normalized spacial score (nSPS) is 30.6. The number of esters is 1. The highest BCUT2D eigenvalue weighted by Gasteiger charge is 2.43. The van der Waals surface area contributed by atoms with Crippen molar-refractivity contribution < 1.29 is 38.3 Å². The van der Waals surface area contributed by atoms with E-state index in [0.29, 0.717) is 29.0 Å². The lowest BCUT2D eigenvalue weighted by Crippen LogP contribution is -2.34. The first-order chi connectivity index (χ1) is 16.3. The van der Waals surface area contributed by atoms with Crippen molar-refractivity contribution in [2.45, 2.75) is 69.7 Å². The van der Waals surface area contributed by atoms with Crippen molar-refractivity contribution in [3.8, 4) is 11.5 Å². The van der Waals surface area contributed by atoms with Gasteiger partial charge in [-0.3, -0.25) is 0 Å². The Balaban J connectivity index is 1.76. The van der Waals surface area contributed by atoms with Gasteiger partial charge in [0.2, 0.25) is 0 Å². The second kappa shape index (κ2) is 10.5. The van der Waals surface area contributed by atoms with E-state index in [0.717, 1.165) is 19.3 Å². The molecule has 2 heterocycles. The van der Waals surface area contributed by atoms with Crippen LogP contribution in [0.15, 0.2) is 30.4 Å². The van der Waals surface area contributed by atoms with E-state index >= 15 is 0 Å². The number of fused-ring (bicyclic) bond motifs is 3. The third-order valence-corrected chi connectivity index (χ3v) is 6.42. The summed E-state index contributed by atoms with van der Waals surface area (Å²) < 4.78 is 34.3. The molecule has 1 saturated heterocycles. The van der Waals surface area contributed by atoms with E-state index in [1.165, 1.54) is 7.11 Å². The molecule has 2 aliphatic heterocycles. The van der Waals surface area contributed by atoms with Crippen LogP contribution in [0, 0.1) is 5.92 Å². The van der Waals surface area contributed by atoms with Crippen molar-refractivity contribution in [2.75, 3.05) is 21.0 Å². The molecule has 0 amide bonds. The summed E-state index contributed by atoms with van der Waals surface area (Å²) in [6, 6.07) is 3.43. The maximum Gasteiger partial charge on any atom is 0.342 e. The molecule has 186 valence electrons. The highest BCUT2D eigenvalue weighted by atomic mass is 16.8. The monoisotopic (exact) mass is 474 g/mol. The third-order valence-electron chi connectivity index (χ3n) is 6.42. The smallest absolute Gasteiger partial charge is 0.342 e. The number of hydrogen-bond donors (Lipinski definition) is 1. The summed E-state index contributed by atoms with van der Waals surface area (Å²) in [5, 5.41) is 10.9. The Labute approximate surface area is 200 Å². The highest BCUT2D eigenvalue weighted by Crippen LogP contribution is 2.37. The molecular formula is C26H34O8. The minimum Gasteiger partial charge on any atom is -0.497 e. The molecule has 0 bridgehead atoms. The number of benzene rings is 1. The van der Waals surface area contributed by atoms with Crippen LogP contribution in [-0.4, -0.2) is 62.3 Å². The fourth-order valence-corrected chi connectivity index (χ4v) is 4.86. The lowest BCUT2D eigenvalue weighted by molar-refractivity contribution is -0.152. The Morgan fingerprint density at radius 3 is 2.71 bits per heavy atom. The van der Waals surface area contributed by atoms with E-state index in [-0.39, 0.29) is 24.9 Å². The molecule has 0 spiro atoms. The predicted octanol–water partition coefficient (Wildman–Crippen LogP) is 3.86. The number of ether oxygens (including phenoxy) is 6. The Morgan fingerprint density at radius 1 is 1.12 bits per heavy atom.